The van der Waals surface area contributed by atoms with Crippen molar-refractivity contribution < 1.29 is 33.0 Å². The van der Waals surface area contributed by atoms with Gasteiger partial charge in [0.15, 0.2) is 29.6 Å². The third-order valence-electron chi connectivity index (χ3n) is 7.05. The van der Waals surface area contributed by atoms with Crippen LogP contribution in [0.1, 0.15) is 42.1 Å². The summed E-state index contributed by atoms with van der Waals surface area (Å²) in [6.45, 7) is 2.29. The van der Waals surface area contributed by atoms with Gasteiger partial charge >= 0.3 is 0 Å². The molecule has 0 aliphatic heterocycles. The Hall–Kier alpha value is -5.66. The number of hydrogen-bond donors (Lipinski definition) is 6. The summed E-state index contributed by atoms with van der Waals surface area (Å²) < 4.78 is 36.1. The summed E-state index contributed by atoms with van der Waals surface area (Å²) in [6, 6.07) is 8.95. The number of carbonyl (C=O) groups is 3. The summed E-state index contributed by atoms with van der Waals surface area (Å²) in [5.41, 5.74) is 13.9. The number of unbranched alkanes of at least 4 members (excludes halogenated alkanes) is 1. The Morgan fingerprint density at radius 3 is 2.60 bits per heavy atom. The van der Waals surface area contributed by atoms with Crippen LogP contribution in [-0.2, 0) is 16.0 Å². The predicted octanol–water partition coefficient (Wildman–Crippen LogP) is 2.89. The first-order valence-electron chi connectivity index (χ1n) is 15.0. The van der Waals surface area contributed by atoms with Gasteiger partial charge in [-0.1, -0.05) is 13.3 Å². The van der Waals surface area contributed by atoms with Gasteiger partial charge in [-0.3, -0.25) is 18.8 Å². The number of carbonyl (C=O) groups excluding carboxylic acids is 2. The number of rotatable bonds is 15. The van der Waals surface area contributed by atoms with Crippen molar-refractivity contribution in [3.63, 3.8) is 0 Å². The first-order valence-corrected chi connectivity index (χ1v) is 15.0. The van der Waals surface area contributed by atoms with Crippen molar-refractivity contribution in [1.29, 1.82) is 5.26 Å². The van der Waals surface area contributed by atoms with Crippen LogP contribution in [0, 0.1) is 23.0 Å². The van der Waals surface area contributed by atoms with Gasteiger partial charge in [0.25, 0.3) is 12.4 Å². The van der Waals surface area contributed by atoms with E-state index < -0.39 is 24.3 Å². The van der Waals surface area contributed by atoms with Gasteiger partial charge in [0, 0.05) is 42.3 Å². The maximum atomic E-state index is 15.0. The topological polar surface area (TPSA) is 223 Å². The van der Waals surface area contributed by atoms with E-state index in [-0.39, 0.29) is 48.4 Å². The van der Waals surface area contributed by atoms with E-state index in [9.17, 15) is 18.4 Å². The summed E-state index contributed by atoms with van der Waals surface area (Å²) in [7, 11) is 0. The normalized spacial score (nSPS) is 11.1. The number of amides is 2. The van der Waals surface area contributed by atoms with Gasteiger partial charge in [0.05, 0.1) is 17.9 Å². The number of anilines is 2. The molecule has 0 radical (unpaired) electrons. The second-order valence-electron chi connectivity index (χ2n) is 10.2. The number of nitrogens with zero attached hydrogens (tertiary/aromatic N) is 4. The van der Waals surface area contributed by atoms with E-state index in [0.717, 1.165) is 18.4 Å². The van der Waals surface area contributed by atoms with E-state index in [1.165, 1.54) is 24.5 Å². The molecule has 0 saturated heterocycles. The molecule has 0 aliphatic carbocycles. The molecular weight excluding hydrogens is 628 g/mol. The minimum absolute atomic E-state index is 0.0463. The summed E-state index contributed by atoms with van der Waals surface area (Å²) in [4.78, 5) is 42.1. The SMILES string of the molecule is CCc1cc(Nc2nccn3c(-c4ccc(OCC#N)c(F)c4F)cnc23)ccc1C(=O)NCCNC(=O)[C@@H](N)CCCCN.O=CO. The van der Waals surface area contributed by atoms with Crippen LogP contribution in [0.3, 0.4) is 0 Å². The third kappa shape index (κ3) is 9.44. The fourth-order valence-electron chi connectivity index (χ4n) is 4.71. The molecule has 0 fully saturated rings. The Bertz CT molecular complexity index is 1760. The monoisotopic (exact) mass is 665 g/mol. The Morgan fingerprint density at radius 2 is 1.90 bits per heavy atom. The first-order chi connectivity index (χ1) is 23.2. The molecule has 0 aliphatic rings. The molecule has 2 aromatic heterocycles. The zero-order valence-electron chi connectivity index (χ0n) is 26.2. The van der Waals surface area contributed by atoms with Crippen LogP contribution in [0.25, 0.3) is 16.9 Å². The lowest BCUT2D eigenvalue weighted by Gasteiger charge is -2.14. The average Bonchev–Trinajstić information content (AvgIpc) is 3.52. The Labute approximate surface area is 275 Å². The Kier molecular flexibility index (Phi) is 14.2. The molecule has 2 amide bonds. The van der Waals surface area contributed by atoms with Crippen molar-refractivity contribution in [2.45, 2.75) is 38.6 Å². The molecule has 2 aromatic carbocycles. The minimum atomic E-state index is -1.20. The van der Waals surface area contributed by atoms with Gasteiger partial charge in [0.1, 0.15) is 6.07 Å². The van der Waals surface area contributed by atoms with Crippen LogP contribution in [0.4, 0.5) is 20.3 Å². The first kappa shape index (κ1) is 36.8. The van der Waals surface area contributed by atoms with Crippen LogP contribution in [-0.4, -0.2) is 70.0 Å². The smallest absolute Gasteiger partial charge is 0.290 e. The number of aromatic nitrogens is 3. The third-order valence-corrected chi connectivity index (χ3v) is 7.05. The quantitative estimate of drug-likeness (QED) is 0.0800. The maximum absolute atomic E-state index is 15.0. The Morgan fingerprint density at radius 1 is 1.15 bits per heavy atom. The summed E-state index contributed by atoms with van der Waals surface area (Å²) in [6.07, 6.45) is 7.17. The molecule has 0 saturated carbocycles. The summed E-state index contributed by atoms with van der Waals surface area (Å²) in [5, 5.41) is 24.3. The highest BCUT2D eigenvalue weighted by atomic mass is 19.2. The lowest BCUT2D eigenvalue weighted by Crippen LogP contribution is -2.43. The summed E-state index contributed by atoms with van der Waals surface area (Å²) in [5.74, 6) is -2.89. The molecule has 16 heteroatoms. The van der Waals surface area contributed by atoms with Crippen molar-refractivity contribution in [1.82, 2.24) is 25.0 Å². The average molecular weight is 666 g/mol. The molecule has 0 bridgehead atoms. The Balaban J connectivity index is 0.00000201. The molecule has 14 nitrogen and oxygen atoms in total. The highest BCUT2D eigenvalue weighted by Crippen LogP contribution is 2.32. The van der Waals surface area contributed by atoms with Crippen LogP contribution in [0.2, 0.25) is 0 Å². The van der Waals surface area contributed by atoms with Crippen molar-refractivity contribution in [3.8, 4) is 23.1 Å². The molecule has 254 valence electrons. The van der Waals surface area contributed by atoms with Crippen molar-refractivity contribution >= 4 is 35.4 Å². The fourth-order valence-corrected chi connectivity index (χ4v) is 4.71. The second-order valence-corrected chi connectivity index (χ2v) is 10.2. The van der Waals surface area contributed by atoms with Gasteiger partial charge in [-0.25, -0.2) is 14.4 Å². The molecular formula is C32H37F2N9O5. The number of ether oxygens (including phenoxy) is 1. The van der Waals surface area contributed by atoms with E-state index in [1.807, 2.05) is 13.0 Å². The number of imidazole rings is 1. The molecule has 4 aromatic rings. The van der Waals surface area contributed by atoms with Gasteiger partial charge in [-0.2, -0.15) is 9.65 Å². The highest BCUT2D eigenvalue weighted by Gasteiger charge is 2.20. The molecule has 0 spiro atoms. The number of hydrogen-bond acceptors (Lipinski definition) is 10. The number of benzene rings is 2. The summed E-state index contributed by atoms with van der Waals surface area (Å²) >= 11 is 0. The second kappa shape index (κ2) is 18.5. The number of halogens is 2. The standard InChI is InChI=1S/C31H35F2N9O3.CH2O2/c1-2-19-17-20(6-7-21(19)30(43)38-12-13-39-31(44)23(36)5-3-4-10-34)41-28-29-40-18-24(42(29)15-14-37-28)22-8-9-25(45-16-11-35)27(33)26(22)32;2-1-3/h6-9,14-15,17-18,23H,2-5,10,12-13,16,34,36H2,1H3,(H,37,41)(H,38,43)(H,39,44);1H,(H,2,3)/t23-;/m0./s1. The molecule has 48 heavy (non-hydrogen) atoms. The van der Waals surface area contributed by atoms with Gasteiger partial charge in [-0.05, 0) is 61.7 Å². The molecule has 4 rings (SSSR count). The zero-order chi connectivity index (χ0) is 35.1. The fraction of sp³-hybridized carbons (Fsp3) is 0.312. The molecule has 8 N–H and O–H groups in total. The van der Waals surface area contributed by atoms with E-state index in [2.05, 4.69) is 25.9 Å². The van der Waals surface area contributed by atoms with Crippen molar-refractivity contribution in [3.05, 3.63) is 71.7 Å². The van der Waals surface area contributed by atoms with E-state index >= 15 is 0 Å². The lowest BCUT2D eigenvalue weighted by atomic mass is 10.0. The van der Waals surface area contributed by atoms with Crippen LogP contribution >= 0.6 is 0 Å². The molecule has 1 atom stereocenters. The van der Waals surface area contributed by atoms with E-state index in [0.29, 0.717) is 42.1 Å². The zero-order valence-corrected chi connectivity index (χ0v) is 26.2. The van der Waals surface area contributed by atoms with Gasteiger partial charge in [0.2, 0.25) is 11.7 Å². The largest absolute Gasteiger partial charge is 0.483 e. The number of fused-ring (bicyclic) bond motifs is 1. The van der Waals surface area contributed by atoms with Gasteiger partial charge in [-0.15, -0.1) is 0 Å². The van der Waals surface area contributed by atoms with Crippen LogP contribution in [0.15, 0.2) is 48.9 Å². The predicted molar refractivity (Wildman–Crippen MR) is 173 cm³/mol. The highest BCUT2D eigenvalue weighted by molar-refractivity contribution is 5.96. The number of nitrogens with one attached hydrogen (secondary N) is 3. The number of nitrogens with two attached hydrogens (primary N) is 2. The number of aryl methyl sites for hydroxylation is 1. The van der Waals surface area contributed by atoms with Gasteiger partial charge < -0.3 is 37.3 Å². The molecule has 2 heterocycles. The maximum Gasteiger partial charge on any atom is 0.290 e. The van der Waals surface area contributed by atoms with Crippen molar-refractivity contribution in [2.75, 3.05) is 31.6 Å². The van der Waals surface area contributed by atoms with Crippen molar-refractivity contribution in [2.24, 2.45) is 11.5 Å². The number of nitriles is 1. The van der Waals surface area contributed by atoms with E-state index in [4.69, 9.17) is 31.4 Å². The van der Waals surface area contributed by atoms with Crippen LogP contribution < -0.4 is 32.2 Å². The minimum Gasteiger partial charge on any atom is -0.483 e. The van der Waals surface area contributed by atoms with Crippen LogP contribution in [0.5, 0.6) is 5.75 Å². The molecule has 0 unspecified atom stereocenters. The van der Waals surface area contributed by atoms with E-state index in [1.54, 1.807) is 28.8 Å². The lowest BCUT2D eigenvalue weighted by molar-refractivity contribution is -0.123. The number of carboxylic acid groups (broad SMARTS) is 1.